The minimum atomic E-state index is -0.828. The van der Waals surface area contributed by atoms with Crippen LogP contribution in [-0.4, -0.2) is 30.2 Å². The first-order valence-corrected chi connectivity index (χ1v) is 7.31. The molecule has 0 amide bonds. The number of carboxylic acids is 1. The third-order valence-electron chi connectivity index (χ3n) is 3.02. The molecule has 0 aliphatic rings. The summed E-state index contributed by atoms with van der Waals surface area (Å²) in [7, 11) is 3.82. The molecule has 5 heteroatoms. The molecule has 0 bridgehead atoms. The fraction of sp³-hybridized carbons (Fsp3) is 0.333. The molecule has 106 valence electrons. The van der Waals surface area contributed by atoms with Crippen LogP contribution in [0.5, 0.6) is 0 Å². The Labute approximate surface area is 122 Å². The van der Waals surface area contributed by atoms with Gasteiger partial charge in [0.15, 0.2) is 5.13 Å². The van der Waals surface area contributed by atoms with Crippen molar-refractivity contribution in [3.8, 4) is 11.3 Å². The van der Waals surface area contributed by atoms with Gasteiger partial charge in [-0.2, -0.15) is 0 Å². The maximum absolute atomic E-state index is 11.0. The zero-order valence-electron chi connectivity index (χ0n) is 11.9. The number of hydrogen-bond acceptors (Lipinski definition) is 4. The number of hydrogen-bond donors (Lipinski definition) is 1. The van der Waals surface area contributed by atoms with Crippen molar-refractivity contribution >= 4 is 22.4 Å². The van der Waals surface area contributed by atoms with Crippen LogP contribution >= 0.6 is 11.3 Å². The number of aryl methyl sites for hydroxylation is 1. The first-order chi connectivity index (χ1) is 9.51. The molecule has 0 radical (unpaired) electrons. The summed E-state index contributed by atoms with van der Waals surface area (Å²) in [6, 6.07) is 8.15. The predicted molar refractivity (Wildman–Crippen MR) is 82.6 cm³/mol. The van der Waals surface area contributed by atoms with Crippen molar-refractivity contribution in [3.63, 3.8) is 0 Å². The summed E-state index contributed by atoms with van der Waals surface area (Å²) in [6.45, 7) is 2.11. The third kappa shape index (κ3) is 3.17. The van der Waals surface area contributed by atoms with Gasteiger partial charge in [-0.25, -0.2) is 4.98 Å². The van der Waals surface area contributed by atoms with Gasteiger partial charge >= 0.3 is 5.97 Å². The molecule has 0 unspecified atom stereocenters. The van der Waals surface area contributed by atoms with Crippen molar-refractivity contribution < 1.29 is 9.90 Å². The Kier molecular flexibility index (Phi) is 4.39. The van der Waals surface area contributed by atoms with Gasteiger partial charge in [-0.1, -0.05) is 31.2 Å². The van der Waals surface area contributed by atoms with E-state index >= 15 is 0 Å². The first kappa shape index (κ1) is 14.5. The van der Waals surface area contributed by atoms with Gasteiger partial charge in [-0.05, 0) is 12.0 Å². The lowest BCUT2D eigenvalue weighted by Gasteiger charge is -2.05. The number of carboxylic acid groups (broad SMARTS) is 1. The van der Waals surface area contributed by atoms with Gasteiger partial charge in [0.05, 0.1) is 12.1 Å². The van der Waals surface area contributed by atoms with Gasteiger partial charge in [0.1, 0.15) is 0 Å². The van der Waals surface area contributed by atoms with E-state index in [1.54, 1.807) is 0 Å². The van der Waals surface area contributed by atoms with E-state index in [-0.39, 0.29) is 6.42 Å². The maximum atomic E-state index is 11.0. The van der Waals surface area contributed by atoms with Crippen molar-refractivity contribution in [2.24, 2.45) is 0 Å². The molecular weight excluding hydrogens is 272 g/mol. The molecule has 0 spiro atoms. The van der Waals surface area contributed by atoms with Crippen LogP contribution in [0.1, 0.15) is 17.4 Å². The second-order valence-electron chi connectivity index (χ2n) is 4.78. The summed E-state index contributed by atoms with van der Waals surface area (Å²) in [5.41, 5.74) is 3.02. The monoisotopic (exact) mass is 290 g/mol. The molecule has 0 saturated heterocycles. The molecule has 1 aromatic carbocycles. The van der Waals surface area contributed by atoms with E-state index in [2.05, 4.69) is 24.0 Å². The quantitative estimate of drug-likeness (QED) is 0.919. The summed E-state index contributed by atoms with van der Waals surface area (Å²) in [6.07, 6.45) is 0.999. The largest absolute Gasteiger partial charge is 0.481 e. The minimum absolute atomic E-state index is 0.0103. The smallest absolute Gasteiger partial charge is 0.308 e. The molecule has 20 heavy (non-hydrogen) atoms. The average molecular weight is 290 g/mol. The van der Waals surface area contributed by atoms with Crippen LogP contribution in [0.4, 0.5) is 5.13 Å². The topological polar surface area (TPSA) is 53.4 Å². The normalized spacial score (nSPS) is 10.6. The molecule has 0 fully saturated rings. The van der Waals surface area contributed by atoms with Crippen LogP contribution in [-0.2, 0) is 17.6 Å². The van der Waals surface area contributed by atoms with Crippen LogP contribution in [0.15, 0.2) is 24.3 Å². The van der Waals surface area contributed by atoms with Gasteiger partial charge in [-0.3, -0.25) is 4.79 Å². The van der Waals surface area contributed by atoms with Crippen molar-refractivity contribution in [1.29, 1.82) is 0 Å². The zero-order valence-corrected chi connectivity index (χ0v) is 12.7. The summed E-state index contributed by atoms with van der Waals surface area (Å²) < 4.78 is 0. The van der Waals surface area contributed by atoms with Crippen molar-refractivity contribution in [1.82, 2.24) is 4.98 Å². The molecule has 0 atom stereocenters. The summed E-state index contributed by atoms with van der Waals surface area (Å²) in [5, 5.41) is 9.86. The van der Waals surface area contributed by atoms with E-state index in [1.807, 2.05) is 31.1 Å². The molecule has 2 rings (SSSR count). The van der Waals surface area contributed by atoms with Crippen LogP contribution in [0.25, 0.3) is 11.3 Å². The molecule has 1 aromatic heterocycles. The Morgan fingerprint density at radius 3 is 2.45 bits per heavy atom. The van der Waals surface area contributed by atoms with Crippen molar-refractivity contribution in [2.45, 2.75) is 19.8 Å². The number of nitrogens with zero attached hydrogens (tertiary/aromatic N) is 2. The molecule has 0 aliphatic heterocycles. The van der Waals surface area contributed by atoms with Crippen molar-refractivity contribution in [3.05, 3.63) is 34.7 Å². The Hall–Kier alpha value is -1.88. The second-order valence-corrected chi connectivity index (χ2v) is 5.85. The molecule has 0 aliphatic carbocycles. The number of carbonyl (C=O) groups is 1. The molecule has 1 N–H and O–H groups in total. The highest BCUT2D eigenvalue weighted by Gasteiger charge is 2.16. The average Bonchev–Trinajstić information content (AvgIpc) is 2.82. The molecule has 1 heterocycles. The van der Waals surface area contributed by atoms with Gasteiger partial charge in [-0.15, -0.1) is 11.3 Å². The molecule has 2 aromatic rings. The molecular formula is C15H18N2O2S. The summed E-state index contributed by atoms with van der Waals surface area (Å²) >= 11 is 1.43. The van der Waals surface area contributed by atoms with E-state index in [4.69, 9.17) is 5.11 Å². The Morgan fingerprint density at radius 1 is 1.30 bits per heavy atom. The van der Waals surface area contributed by atoms with Crippen LogP contribution in [0, 0.1) is 0 Å². The van der Waals surface area contributed by atoms with Gasteiger partial charge in [0.25, 0.3) is 0 Å². The summed E-state index contributed by atoms with van der Waals surface area (Å²) in [5.74, 6) is -0.828. The van der Waals surface area contributed by atoms with E-state index in [0.717, 1.165) is 27.7 Å². The Morgan fingerprint density at radius 2 is 1.95 bits per heavy atom. The predicted octanol–water partition coefficient (Wildman–Crippen LogP) is 3.07. The van der Waals surface area contributed by atoms with E-state index in [1.165, 1.54) is 16.9 Å². The number of anilines is 1. The minimum Gasteiger partial charge on any atom is -0.481 e. The van der Waals surface area contributed by atoms with Crippen LogP contribution in [0.3, 0.4) is 0 Å². The lowest BCUT2D eigenvalue weighted by atomic mass is 10.1. The highest BCUT2D eigenvalue weighted by Crippen LogP contribution is 2.33. The van der Waals surface area contributed by atoms with Crippen LogP contribution in [0.2, 0.25) is 0 Å². The van der Waals surface area contributed by atoms with E-state index < -0.39 is 5.97 Å². The van der Waals surface area contributed by atoms with Gasteiger partial charge in [0, 0.05) is 24.5 Å². The second kappa shape index (κ2) is 6.05. The number of aliphatic carboxylic acids is 1. The summed E-state index contributed by atoms with van der Waals surface area (Å²) in [4.78, 5) is 18.3. The number of aromatic nitrogens is 1. The Balaban J connectivity index is 2.43. The van der Waals surface area contributed by atoms with Gasteiger partial charge in [0.2, 0.25) is 0 Å². The fourth-order valence-corrected chi connectivity index (χ4v) is 2.91. The zero-order chi connectivity index (χ0) is 14.7. The fourth-order valence-electron chi connectivity index (χ4n) is 1.91. The molecule has 4 nitrogen and oxygen atoms in total. The SMILES string of the molecule is CCc1ccc(-c2nc(N(C)C)sc2CC(=O)O)cc1. The van der Waals surface area contributed by atoms with E-state index in [0.29, 0.717) is 0 Å². The van der Waals surface area contributed by atoms with Crippen molar-refractivity contribution in [2.75, 3.05) is 19.0 Å². The van der Waals surface area contributed by atoms with Crippen LogP contribution < -0.4 is 4.90 Å². The lowest BCUT2D eigenvalue weighted by Crippen LogP contribution is -2.07. The Bertz CT molecular complexity index is 603. The lowest BCUT2D eigenvalue weighted by molar-refractivity contribution is -0.136. The third-order valence-corrected chi connectivity index (χ3v) is 4.24. The first-order valence-electron chi connectivity index (χ1n) is 6.49. The standard InChI is InChI=1S/C15H18N2O2S/c1-4-10-5-7-11(8-6-10)14-12(9-13(18)19)20-15(16-14)17(2)3/h5-8H,4,9H2,1-3H3,(H,18,19). The number of rotatable bonds is 5. The van der Waals surface area contributed by atoms with Gasteiger partial charge < -0.3 is 10.0 Å². The van der Waals surface area contributed by atoms with E-state index in [9.17, 15) is 4.79 Å². The maximum Gasteiger partial charge on any atom is 0.308 e. The highest BCUT2D eigenvalue weighted by atomic mass is 32.1. The molecule has 0 saturated carbocycles. The number of thiazole rings is 1. The number of benzene rings is 1. The highest BCUT2D eigenvalue weighted by molar-refractivity contribution is 7.16.